The van der Waals surface area contributed by atoms with Gasteiger partial charge in [0.2, 0.25) is 5.95 Å². The molecule has 5 nitrogen and oxygen atoms in total. The topological polar surface area (TPSA) is 66.9 Å². The highest BCUT2D eigenvalue weighted by atomic mass is 16.1. The molecule has 1 heterocycles. The highest BCUT2D eigenvalue weighted by molar-refractivity contribution is 5.93. The largest absolute Gasteiger partial charge is 0.348 e. The van der Waals surface area contributed by atoms with Crippen LogP contribution in [0.4, 0.5) is 5.95 Å². The number of amides is 1. The summed E-state index contributed by atoms with van der Waals surface area (Å²) in [6.07, 6.45) is 3.08. The van der Waals surface area contributed by atoms with E-state index in [1.54, 1.807) is 12.4 Å². The maximum Gasteiger partial charge on any atom is 0.254 e. The van der Waals surface area contributed by atoms with E-state index in [0.29, 0.717) is 11.5 Å². The predicted molar refractivity (Wildman–Crippen MR) is 103 cm³/mol. The first-order chi connectivity index (χ1) is 12.6. The van der Waals surface area contributed by atoms with E-state index < -0.39 is 0 Å². The van der Waals surface area contributed by atoms with E-state index in [-0.39, 0.29) is 18.0 Å². The molecule has 0 aliphatic rings. The van der Waals surface area contributed by atoms with Crippen molar-refractivity contribution in [2.45, 2.75) is 25.9 Å². The van der Waals surface area contributed by atoms with Crippen molar-refractivity contribution >= 4 is 11.9 Å². The fourth-order valence-corrected chi connectivity index (χ4v) is 2.64. The van der Waals surface area contributed by atoms with Gasteiger partial charge in [-0.1, -0.05) is 60.7 Å². The summed E-state index contributed by atoms with van der Waals surface area (Å²) in [6.45, 7) is 3.99. The lowest BCUT2D eigenvalue weighted by atomic mass is 10.1. The van der Waals surface area contributed by atoms with E-state index in [1.165, 1.54) is 0 Å². The monoisotopic (exact) mass is 346 g/mol. The summed E-state index contributed by atoms with van der Waals surface area (Å²) in [4.78, 5) is 20.9. The van der Waals surface area contributed by atoms with Gasteiger partial charge in [0, 0.05) is 12.4 Å². The Bertz CT molecular complexity index is 835. The van der Waals surface area contributed by atoms with Gasteiger partial charge in [0.05, 0.1) is 17.6 Å². The third-order valence-electron chi connectivity index (χ3n) is 4.21. The zero-order chi connectivity index (χ0) is 18.4. The number of aromatic nitrogens is 2. The van der Waals surface area contributed by atoms with Crippen LogP contribution >= 0.6 is 0 Å². The number of benzene rings is 2. The van der Waals surface area contributed by atoms with Crippen LogP contribution in [0.3, 0.4) is 0 Å². The van der Waals surface area contributed by atoms with Gasteiger partial charge in [0.25, 0.3) is 5.91 Å². The maximum absolute atomic E-state index is 12.4. The van der Waals surface area contributed by atoms with Crippen LogP contribution in [0.15, 0.2) is 73.1 Å². The molecule has 0 fully saturated rings. The number of carbonyl (C=O) groups is 1. The van der Waals surface area contributed by atoms with Crippen molar-refractivity contribution < 1.29 is 4.79 Å². The second-order valence-corrected chi connectivity index (χ2v) is 6.18. The quantitative estimate of drug-likeness (QED) is 0.704. The first-order valence-corrected chi connectivity index (χ1v) is 8.63. The molecule has 0 aliphatic carbocycles. The molecular weight excluding hydrogens is 324 g/mol. The first-order valence-electron chi connectivity index (χ1n) is 8.63. The molecule has 2 atom stereocenters. The second kappa shape index (κ2) is 8.25. The van der Waals surface area contributed by atoms with E-state index in [1.807, 2.05) is 74.5 Å². The van der Waals surface area contributed by atoms with Crippen LogP contribution in [0.1, 0.15) is 47.4 Å². The summed E-state index contributed by atoms with van der Waals surface area (Å²) in [6, 6.07) is 19.9. The number of nitrogens with one attached hydrogen (secondary N) is 2. The highest BCUT2D eigenvalue weighted by Crippen LogP contribution is 2.16. The normalized spacial score (nSPS) is 12.8. The summed E-state index contributed by atoms with van der Waals surface area (Å²) in [5.41, 5.74) is 2.64. The van der Waals surface area contributed by atoms with Crippen LogP contribution < -0.4 is 10.6 Å². The molecule has 0 spiro atoms. The lowest BCUT2D eigenvalue weighted by Crippen LogP contribution is -2.27. The van der Waals surface area contributed by atoms with Crippen LogP contribution in [0.5, 0.6) is 0 Å². The SMILES string of the molecule is CC(NC(=O)c1cnc(NC(C)c2ccccc2)nc1)c1ccccc1. The Morgan fingerprint density at radius 3 is 1.85 bits per heavy atom. The fourth-order valence-electron chi connectivity index (χ4n) is 2.64. The molecule has 3 rings (SSSR count). The number of hydrogen-bond donors (Lipinski definition) is 2. The van der Waals surface area contributed by atoms with Crippen molar-refractivity contribution in [2.75, 3.05) is 5.32 Å². The molecule has 2 N–H and O–H groups in total. The zero-order valence-electron chi connectivity index (χ0n) is 14.9. The third-order valence-corrected chi connectivity index (χ3v) is 4.21. The molecule has 1 aromatic heterocycles. The maximum atomic E-state index is 12.4. The standard InChI is InChI=1S/C21H22N4O/c1-15(17-9-5-3-6-10-17)24-20(26)19-13-22-21(23-14-19)25-16(2)18-11-7-4-8-12-18/h3-16H,1-2H3,(H,24,26)(H,22,23,25). The lowest BCUT2D eigenvalue weighted by Gasteiger charge is -2.15. The molecule has 1 amide bonds. The lowest BCUT2D eigenvalue weighted by molar-refractivity contribution is 0.0939. The number of rotatable bonds is 6. The van der Waals surface area contributed by atoms with Gasteiger partial charge < -0.3 is 10.6 Å². The molecule has 0 aliphatic heterocycles. The summed E-state index contributed by atoms with van der Waals surface area (Å²) >= 11 is 0. The Morgan fingerprint density at radius 2 is 1.31 bits per heavy atom. The molecule has 5 heteroatoms. The summed E-state index contributed by atoms with van der Waals surface area (Å²) in [5, 5.41) is 6.20. The van der Waals surface area contributed by atoms with Crippen LogP contribution in [-0.4, -0.2) is 15.9 Å². The third kappa shape index (κ3) is 4.45. The average Bonchev–Trinajstić information content (AvgIpc) is 2.69. The second-order valence-electron chi connectivity index (χ2n) is 6.18. The van der Waals surface area contributed by atoms with Crippen LogP contribution in [0, 0.1) is 0 Å². The van der Waals surface area contributed by atoms with Crippen molar-refractivity contribution in [3.63, 3.8) is 0 Å². The van der Waals surface area contributed by atoms with Crippen molar-refractivity contribution in [1.82, 2.24) is 15.3 Å². The van der Waals surface area contributed by atoms with Gasteiger partial charge in [-0.25, -0.2) is 9.97 Å². The number of carbonyl (C=O) groups excluding carboxylic acids is 1. The molecule has 3 aromatic rings. The Kier molecular flexibility index (Phi) is 5.59. The molecule has 0 bridgehead atoms. The Balaban J connectivity index is 1.61. The van der Waals surface area contributed by atoms with E-state index in [4.69, 9.17) is 0 Å². The minimum Gasteiger partial charge on any atom is -0.348 e. The van der Waals surface area contributed by atoms with E-state index >= 15 is 0 Å². The molecule has 132 valence electrons. The van der Waals surface area contributed by atoms with Crippen molar-refractivity contribution in [3.05, 3.63) is 89.7 Å². The van der Waals surface area contributed by atoms with Crippen molar-refractivity contribution in [3.8, 4) is 0 Å². The average molecular weight is 346 g/mol. The summed E-state index contributed by atoms with van der Waals surface area (Å²) in [7, 11) is 0. The Labute approximate surface area is 153 Å². The van der Waals surface area contributed by atoms with E-state index in [0.717, 1.165) is 11.1 Å². The van der Waals surface area contributed by atoms with Gasteiger partial charge in [0.1, 0.15) is 0 Å². The van der Waals surface area contributed by atoms with Gasteiger partial charge in [-0.05, 0) is 25.0 Å². The van der Waals surface area contributed by atoms with Crippen molar-refractivity contribution in [1.29, 1.82) is 0 Å². The van der Waals surface area contributed by atoms with Gasteiger partial charge in [-0.15, -0.1) is 0 Å². The molecule has 2 unspecified atom stereocenters. The van der Waals surface area contributed by atoms with Crippen LogP contribution in [-0.2, 0) is 0 Å². The molecular formula is C21H22N4O. The summed E-state index contributed by atoms with van der Waals surface area (Å²) in [5.74, 6) is 0.304. The van der Waals surface area contributed by atoms with Gasteiger partial charge in [-0.2, -0.15) is 0 Å². The number of hydrogen-bond acceptors (Lipinski definition) is 4. The highest BCUT2D eigenvalue weighted by Gasteiger charge is 2.13. The first kappa shape index (κ1) is 17.6. The molecule has 0 saturated carbocycles. The molecule has 26 heavy (non-hydrogen) atoms. The zero-order valence-corrected chi connectivity index (χ0v) is 14.9. The van der Waals surface area contributed by atoms with Gasteiger partial charge >= 0.3 is 0 Å². The minimum absolute atomic E-state index is 0.0778. The Hall–Kier alpha value is -3.21. The molecule has 0 radical (unpaired) electrons. The number of nitrogens with zero attached hydrogens (tertiary/aromatic N) is 2. The number of anilines is 1. The van der Waals surface area contributed by atoms with Gasteiger partial charge in [0.15, 0.2) is 0 Å². The summed E-state index contributed by atoms with van der Waals surface area (Å²) < 4.78 is 0. The predicted octanol–water partition coefficient (Wildman–Crippen LogP) is 4.14. The van der Waals surface area contributed by atoms with E-state index in [9.17, 15) is 4.79 Å². The Morgan fingerprint density at radius 1 is 0.808 bits per heavy atom. The molecule has 2 aromatic carbocycles. The molecule has 0 saturated heterocycles. The fraction of sp³-hybridized carbons (Fsp3) is 0.190. The smallest absolute Gasteiger partial charge is 0.254 e. The minimum atomic E-state index is -0.191. The van der Waals surface area contributed by atoms with Crippen molar-refractivity contribution in [2.24, 2.45) is 0 Å². The van der Waals surface area contributed by atoms with E-state index in [2.05, 4.69) is 20.6 Å². The van der Waals surface area contributed by atoms with Crippen LogP contribution in [0.25, 0.3) is 0 Å². The van der Waals surface area contributed by atoms with Crippen LogP contribution in [0.2, 0.25) is 0 Å². The van der Waals surface area contributed by atoms with Gasteiger partial charge in [-0.3, -0.25) is 4.79 Å².